The number of ether oxygens (including phenoxy) is 1. The van der Waals surface area contributed by atoms with Crippen molar-refractivity contribution in [3.8, 4) is 0 Å². The van der Waals surface area contributed by atoms with Crippen LogP contribution in [-0.4, -0.2) is 67.7 Å². The second-order valence-corrected chi connectivity index (χ2v) is 5.13. The molecule has 6 nitrogen and oxygen atoms in total. The van der Waals surface area contributed by atoms with E-state index in [0.29, 0.717) is 45.1 Å². The average Bonchev–Trinajstić information content (AvgIpc) is 2.92. The van der Waals surface area contributed by atoms with Gasteiger partial charge in [0, 0.05) is 32.6 Å². The van der Waals surface area contributed by atoms with Crippen molar-refractivity contribution in [2.75, 3.05) is 45.9 Å². The maximum absolute atomic E-state index is 12.1. The molecule has 108 valence electrons. The van der Waals surface area contributed by atoms with E-state index < -0.39 is 0 Å². The smallest absolute Gasteiger partial charge is 0.409 e. The first-order chi connectivity index (χ1) is 9.20. The summed E-state index contributed by atoms with van der Waals surface area (Å²) in [5.41, 5.74) is 0. The van der Waals surface area contributed by atoms with Crippen molar-refractivity contribution in [3.63, 3.8) is 0 Å². The molecule has 1 N–H and O–H groups in total. The van der Waals surface area contributed by atoms with Gasteiger partial charge in [-0.2, -0.15) is 0 Å². The molecule has 0 spiro atoms. The first-order valence-electron chi connectivity index (χ1n) is 7.11. The molecule has 2 rings (SSSR count). The molecule has 19 heavy (non-hydrogen) atoms. The van der Waals surface area contributed by atoms with Gasteiger partial charge in [0.2, 0.25) is 5.91 Å². The summed E-state index contributed by atoms with van der Waals surface area (Å²) in [4.78, 5) is 27.2. The van der Waals surface area contributed by atoms with Crippen molar-refractivity contribution < 1.29 is 14.3 Å². The van der Waals surface area contributed by atoms with Crippen molar-refractivity contribution in [3.05, 3.63) is 0 Å². The Morgan fingerprint density at radius 3 is 2.47 bits per heavy atom. The van der Waals surface area contributed by atoms with Gasteiger partial charge in [-0.1, -0.05) is 0 Å². The van der Waals surface area contributed by atoms with Gasteiger partial charge >= 0.3 is 6.09 Å². The minimum Gasteiger partial charge on any atom is -0.450 e. The van der Waals surface area contributed by atoms with E-state index in [2.05, 4.69) is 5.32 Å². The third-order valence-corrected chi connectivity index (χ3v) is 3.78. The van der Waals surface area contributed by atoms with E-state index in [4.69, 9.17) is 4.74 Å². The van der Waals surface area contributed by atoms with E-state index in [1.165, 1.54) is 0 Å². The Balaban J connectivity index is 1.72. The van der Waals surface area contributed by atoms with Gasteiger partial charge in [0.1, 0.15) is 0 Å². The zero-order valence-corrected chi connectivity index (χ0v) is 11.6. The quantitative estimate of drug-likeness (QED) is 0.800. The van der Waals surface area contributed by atoms with Gasteiger partial charge in [0.15, 0.2) is 0 Å². The Labute approximate surface area is 114 Å². The fourth-order valence-corrected chi connectivity index (χ4v) is 2.62. The van der Waals surface area contributed by atoms with Crippen LogP contribution in [0.2, 0.25) is 0 Å². The van der Waals surface area contributed by atoms with Crippen LogP contribution in [0.3, 0.4) is 0 Å². The first kappa shape index (κ1) is 14.1. The zero-order valence-electron chi connectivity index (χ0n) is 11.6. The van der Waals surface area contributed by atoms with E-state index in [9.17, 15) is 9.59 Å². The zero-order chi connectivity index (χ0) is 13.7. The molecule has 0 aliphatic carbocycles. The normalized spacial score (nSPS) is 23.5. The molecular weight excluding hydrogens is 246 g/mol. The van der Waals surface area contributed by atoms with E-state index in [1.807, 2.05) is 4.90 Å². The number of nitrogens with one attached hydrogen (secondary N) is 1. The second-order valence-electron chi connectivity index (χ2n) is 5.13. The molecule has 2 heterocycles. The summed E-state index contributed by atoms with van der Waals surface area (Å²) >= 11 is 0. The van der Waals surface area contributed by atoms with Gasteiger partial charge in [-0.3, -0.25) is 4.79 Å². The second kappa shape index (κ2) is 6.75. The summed E-state index contributed by atoms with van der Waals surface area (Å²) in [6, 6.07) is 0. The highest BCUT2D eigenvalue weighted by atomic mass is 16.6. The first-order valence-corrected chi connectivity index (χ1v) is 7.11. The van der Waals surface area contributed by atoms with Gasteiger partial charge in [0.25, 0.3) is 0 Å². The van der Waals surface area contributed by atoms with Crippen LogP contribution in [0.1, 0.15) is 19.8 Å². The Hall–Kier alpha value is -1.30. The van der Waals surface area contributed by atoms with Gasteiger partial charge < -0.3 is 19.9 Å². The molecule has 0 aromatic carbocycles. The van der Waals surface area contributed by atoms with Gasteiger partial charge in [0.05, 0.1) is 6.61 Å². The molecule has 2 aliphatic rings. The van der Waals surface area contributed by atoms with Crippen LogP contribution in [0.15, 0.2) is 0 Å². The molecule has 2 saturated heterocycles. The van der Waals surface area contributed by atoms with E-state index >= 15 is 0 Å². The van der Waals surface area contributed by atoms with Crippen molar-refractivity contribution in [1.29, 1.82) is 0 Å². The molecule has 0 aromatic heterocycles. The number of amides is 2. The maximum Gasteiger partial charge on any atom is 0.409 e. The van der Waals surface area contributed by atoms with Crippen LogP contribution >= 0.6 is 0 Å². The summed E-state index contributed by atoms with van der Waals surface area (Å²) in [6.45, 7) is 6.57. The Kier molecular flexibility index (Phi) is 5.01. The van der Waals surface area contributed by atoms with Crippen LogP contribution in [0.4, 0.5) is 4.79 Å². The highest BCUT2D eigenvalue weighted by Crippen LogP contribution is 2.15. The minimum absolute atomic E-state index is 0.220. The van der Waals surface area contributed by atoms with Crippen molar-refractivity contribution in [2.24, 2.45) is 5.92 Å². The van der Waals surface area contributed by atoms with E-state index in [-0.39, 0.29) is 12.0 Å². The molecule has 0 radical (unpaired) electrons. The topological polar surface area (TPSA) is 61.9 Å². The van der Waals surface area contributed by atoms with Crippen LogP contribution in [0.5, 0.6) is 0 Å². The summed E-state index contributed by atoms with van der Waals surface area (Å²) in [6.07, 6.45) is 1.45. The predicted molar refractivity (Wildman–Crippen MR) is 70.8 cm³/mol. The lowest BCUT2D eigenvalue weighted by molar-refractivity contribution is -0.133. The minimum atomic E-state index is -0.269. The van der Waals surface area contributed by atoms with E-state index in [1.54, 1.807) is 11.8 Å². The molecule has 2 aliphatic heterocycles. The van der Waals surface area contributed by atoms with Crippen LogP contribution < -0.4 is 5.32 Å². The highest BCUT2D eigenvalue weighted by Gasteiger charge is 2.27. The average molecular weight is 269 g/mol. The lowest BCUT2D eigenvalue weighted by Gasteiger charge is -2.34. The number of rotatable bonds is 3. The van der Waals surface area contributed by atoms with Crippen LogP contribution in [0.25, 0.3) is 0 Å². The maximum atomic E-state index is 12.1. The number of piperazine rings is 1. The largest absolute Gasteiger partial charge is 0.450 e. The molecule has 0 aromatic rings. The number of hydrogen-bond donors (Lipinski definition) is 1. The van der Waals surface area contributed by atoms with Gasteiger partial charge in [-0.15, -0.1) is 0 Å². The SMILES string of the molecule is CCOC(=O)N1CCN(C(=O)C[C@H]2CCNC2)CC1. The third kappa shape index (κ3) is 3.83. The molecule has 6 heteroatoms. The molecule has 2 amide bonds. The fourth-order valence-electron chi connectivity index (χ4n) is 2.62. The lowest BCUT2D eigenvalue weighted by atomic mass is 10.0. The van der Waals surface area contributed by atoms with E-state index in [0.717, 1.165) is 19.5 Å². The standard InChI is InChI=1S/C13H23N3O3/c1-2-19-13(18)16-7-5-15(6-8-16)12(17)9-11-3-4-14-10-11/h11,14H,2-10H2,1H3/t11-/m1/s1. The summed E-state index contributed by atoms with van der Waals surface area (Å²) in [5, 5.41) is 3.28. The molecule has 1 atom stereocenters. The molecule has 0 saturated carbocycles. The highest BCUT2D eigenvalue weighted by molar-refractivity contribution is 5.77. The Bertz CT molecular complexity index is 321. The third-order valence-electron chi connectivity index (χ3n) is 3.78. The number of carbonyl (C=O) groups is 2. The molecule has 0 bridgehead atoms. The van der Waals surface area contributed by atoms with Crippen LogP contribution in [0, 0.1) is 5.92 Å². The predicted octanol–water partition coefficient (Wildman–Crippen LogP) is 0.287. The van der Waals surface area contributed by atoms with Gasteiger partial charge in [-0.25, -0.2) is 4.79 Å². The Morgan fingerprint density at radius 1 is 1.21 bits per heavy atom. The number of nitrogens with zero attached hydrogens (tertiary/aromatic N) is 2. The van der Waals surface area contributed by atoms with Crippen molar-refractivity contribution >= 4 is 12.0 Å². The number of carbonyl (C=O) groups excluding carboxylic acids is 2. The molecule has 2 fully saturated rings. The van der Waals surface area contributed by atoms with Crippen molar-refractivity contribution in [1.82, 2.24) is 15.1 Å². The summed E-state index contributed by atoms with van der Waals surface area (Å²) < 4.78 is 4.96. The summed E-state index contributed by atoms with van der Waals surface area (Å²) in [7, 11) is 0. The molecular formula is C13H23N3O3. The summed E-state index contributed by atoms with van der Waals surface area (Å²) in [5.74, 6) is 0.702. The Morgan fingerprint density at radius 2 is 1.89 bits per heavy atom. The van der Waals surface area contributed by atoms with Gasteiger partial charge in [-0.05, 0) is 32.4 Å². The van der Waals surface area contributed by atoms with Crippen LogP contribution in [-0.2, 0) is 9.53 Å². The lowest BCUT2D eigenvalue weighted by Crippen LogP contribution is -2.51. The fraction of sp³-hybridized carbons (Fsp3) is 0.846. The monoisotopic (exact) mass is 269 g/mol. The van der Waals surface area contributed by atoms with Crippen molar-refractivity contribution in [2.45, 2.75) is 19.8 Å². The number of hydrogen-bond acceptors (Lipinski definition) is 4. The molecule has 0 unspecified atom stereocenters.